The lowest BCUT2D eigenvalue weighted by Gasteiger charge is -2.23. The van der Waals surface area contributed by atoms with Gasteiger partial charge in [0, 0.05) is 54.6 Å². The average Bonchev–Trinajstić information content (AvgIpc) is 3.46. The van der Waals surface area contributed by atoms with E-state index in [0.717, 1.165) is 54.9 Å². The van der Waals surface area contributed by atoms with E-state index in [9.17, 15) is 4.79 Å². The van der Waals surface area contributed by atoms with Crippen LogP contribution >= 0.6 is 0 Å². The van der Waals surface area contributed by atoms with Crippen molar-refractivity contribution in [3.05, 3.63) is 54.4 Å². The first-order valence-corrected chi connectivity index (χ1v) is 10.5. The summed E-state index contributed by atoms with van der Waals surface area (Å²) in [6, 6.07) is 14.3. The molecule has 1 aromatic carbocycles. The first-order valence-electron chi connectivity index (χ1n) is 10.5. The normalized spacial score (nSPS) is 20.0. The van der Waals surface area contributed by atoms with Gasteiger partial charge in [-0.1, -0.05) is 30.3 Å². The van der Waals surface area contributed by atoms with Crippen molar-refractivity contribution < 1.29 is 4.79 Å². The molecule has 2 aliphatic heterocycles. The van der Waals surface area contributed by atoms with Crippen LogP contribution in [-0.4, -0.2) is 45.3 Å². The maximum absolute atomic E-state index is 12.3. The molecule has 30 heavy (non-hydrogen) atoms. The number of hydrogen-bond acceptors (Lipinski definition) is 4. The molecule has 3 N–H and O–H groups in total. The number of hydrogen-bond donors (Lipinski definition) is 2. The summed E-state index contributed by atoms with van der Waals surface area (Å²) in [7, 11) is 0. The number of aromatic nitrogens is 3. The smallest absolute Gasteiger partial charge is 0.317 e. The molecule has 0 aliphatic carbocycles. The monoisotopic (exact) mass is 402 g/mol. The number of amides is 2. The molecule has 7 heteroatoms. The van der Waals surface area contributed by atoms with Crippen molar-refractivity contribution in [2.24, 2.45) is 0 Å². The predicted octanol–water partition coefficient (Wildman–Crippen LogP) is 3.27. The molecule has 1 atom stereocenters. The van der Waals surface area contributed by atoms with Gasteiger partial charge in [0.15, 0.2) is 0 Å². The van der Waals surface area contributed by atoms with Crippen molar-refractivity contribution in [2.45, 2.75) is 31.7 Å². The molecule has 1 saturated heterocycles. The van der Waals surface area contributed by atoms with Gasteiger partial charge in [-0.25, -0.2) is 9.78 Å². The Morgan fingerprint density at radius 2 is 1.97 bits per heavy atom. The minimum Gasteiger partial charge on any atom is -0.383 e. The van der Waals surface area contributed by atoms with Gasteiger partial charge in [-0.3, -0.25) is 4.68 Å². The van der Waals surface area contributed by atoms with Crippen LogP contribution in [0.15, 0.2) is 48.7 Å². The Morgan fingerprint density at radius 3 is 2.77 bits per heavy atom. The van der Waals surface area contributed by atoms with Crippen LogP contribution < -0.4 is 11.1 Å². The Hall–Kier alpha value is -3.35. The molecule has 3 aromatic rings. The predicted molar refractivity (Wildman–Crippen MR) is 117 cm³/mol. The molecular weight excluding hydrogens is 376 g/mol. The largest absolute Gasteiger partial charge is 0.383 e. The summed E-state index contributed by atoms with van der Waals surface area (Å²) in [4.78, 5) is 18.7. The van der Waals surface area contributed by atoms with Crippen molar-refractivity contribution in [1.29, 1.82) is 0 Å². The fourth-order valence-corrected chi connectivity index (χ4v) is 4.79. The molecule has 0 bridgehead atoms. The second-order valence-electron chi connectivity index (χ2n) is 8.20. The summed E-state index contributed by atoms with van der Waals surface area (Å²) in [5.74, 6) is 0.515. The van der Waals surface area contributed by atoms with E-state index in [0.29, 0.717) is 12.4 Å². The minimum atomic E-state index is -0.000170. The molecule has 1 spiro atoms. The highest BCUT2D eigenvalue weighted by Crippen LogP contribution is 2.44. The van der Waals surface area contributed by atoms with Gasteiger partial charge in [0.25, 0.3) is 0 Å². The third kappa shape index (κ3) is 3.01. The molecule has 1 fully saturated rings. The molecule has 7 nitrogen and oxygen atoms in total. The molecule has 2 aromatic heterocycles. The van der Waals surface area contributed by atoms with Crippen LogP contribution in [0.1, 0.15) is 25.5 Å². The van der Waals surface area contributed by atoms with E-state index >= 15 is 0 Å². The highest BCUT2D eigenvalue weighted by atomic mass is 16.2. The maximum atomic E-state index is 12.3. The fraction of sp³-hybridized carbons (Fsp3) is 0.348. The Bertz CT molecular complexity index is 1090. The SMILES string of the molecule is CCNC(=O)N1CCC2(CCn3nc(-c4cnc(N)c(-c5ccccc5)c4)cc32)C1. The van der Waals surface area contributed by atoms with Gasteiger partial charge in [0.1, 0.15) is 5.82 Å². The molecule has 2 aliphatic rings. The lowest BCUT2D eigenvalue weighted by molar-refractivity contribution is 0.206. The number of fused-ring (bicyclic) bond motifs is 2. The van der Waals surface area contributed by atoms with Crippen molar-refractivity contribution in [3.63, 3.8) is 0 Å². The Morgan fingerprint density at radius 1 is 1.17 bits per heavy atom. The zero-order valence-corrected chi connectivity index (χ0v) is 17.1. The number of aryl methyl sites for hydroxylation is 1. The molecule has 1 unspecified atom stereocenters. The van der Waals surface area contributed by atoms with Gasteiger partial charge < -0.3 is 16.0 Å². The number of nitrogen functional groups attached to an aromatic ring is 1. The van der Waals surface area contributed by atoms with E-state index in [1.54, 1.807) is 6.20 Å². The van der Waals surface area contributed by atoms with Crippen LogP contribution in [-0.2, 0) is 12.0 Å². The Labute approximate surface area is 175 Å². The van der Waals surface area contributed by atoms with Crippen molar-refractivity contribution in [3.8, 4) is 22.4 Å². The number of likely N-dealkylation sites (tertiary alicyclic amines) is 1. The number of rotatable bonds is 3. The highest BCUT2D eigenvalue weighted by molar-refractivity contribution is 5.78. The lowest BCUT2D eigenvalue weighted by atomic mass is 9.82. The van der Waals surface area contributed by atoms with Crippen molar-refractivity contribution in [1.82, 2.24) is 25.0 Å². The van der Waals surface area contributed by atoms with Gasteiger partial charge in [-0.15, -0.1) is 0 Å². The van der Waals surface area contributed by atoms with Gasteiger partial charge in [0.05, 0.1) is 5.69 Å². The number of nitrogens with zero attached hydrogens (tertiary/aromatic N) is 4. The number of anilines is 1. The minimum absolute atomic E-state index is 0.000170. The van der Waals surface area contributed by atoms with E-state index in [2.05, 4.69) is 27.1 Å². The van der Waals surface area contributed by atoms with Gasteiger partial charge in [-0.05, 0) is 37.5 Å². The number of benzene rings is 1. The van der Waals surface area contributed by atoms with E-state index in [4.69, 9.17) is 10.8 Å². The fourth-order valence-electron chi connectivity index (χ4n) is 4.79. The molecule has 0 saturated carbocycles. The lowest BCUT2D eigenvalue weighted by Crippen LogP contribution is -2.40. The van der Waals surface area contributed by atoms with Gasteiger partial charge in [0.2, 0.25) is 0 Å². The first kappa shape index (κ1) is 18.7. The van der Waals surface area contributed by atoms with Crippen LogP contribution in [0.2, 0.25) is 0 Å². The zero-order chi connectivity index (χ0) is 20.7. The average molecular weight is 403 g/mol. The number of urea groups is 1. The van der Waals surface area contributed by atoms with Crippen LogP contribution in [0.4, 0.5) is 10.6 Å². The standard InChI is InChI=1S/C23H26N6O/c1-2-25-22(30)28-10-8-23(15-28)9-11-29-20(23)13-19(27-29)17-12-18(21(24)26-14-17)16-6-4-3-5-7-16/h3-7,12-14H,2,8-11,15H2,1H3,(H2,24,26)(H,25,30). The summed E-state index contributed by atoms with van der Waals surface area (Å²) in [5, 5.41) is 7.79. The number of pyridine rings is 1. The summed E-state index contributed by atoms with van der Waals surface area (Å²) in [6.07, 6.45) is 3.80. The van der Waals surface area contributed by atoms with Crippen LogP contribution in [0, 0.1) is 0 Å². The third-order valence-corrected chi connectivity index (χ3v) is 6.39. The van der Waals surface area contributed by atoms with Crippen molar-refractivity contribution >= 4 is 11.8 Å². The number of carbonyl (C=O) groups excluding carboxylic acids is 1. The number of carbonyl (C=O) groups is 1. The maximum Gasteiger partial charge on any atom is 0.317 e. The highest BCUT2D eigenvalue weighted by Gasteiger charge is 2.46. The summed E-state index contributed by atoms with van der Waals surface area (Å²) >= 11 is 0. The molecule has 5 rings (SSSR count). The topological polar surface area (TPSA) is 89.1 Å². The molecule has 2 amide bonds. The van der Waals surface area contributed by atoms with E-state index in [1.807, 2.05) is 42.2 Å². The molecule has 4 heterocycles. The summed E-state index contributed by atoms with van der Waals surface area (Å²) < 4.78 is 2.11. The van der Waals surface area contributed by atoms with E-state index < -0.39 is 0 Å². The second kappa shape index (κ2) is 7.16. The Kier molecular flexibility index (Phi) is 4.46. The summed E-state index contributed by atoms with van der Waals surface area (Å²) in [6.45, 7) is 5.02. The molecule has 0 radical (unpaired) electrons. The third-order valence-electron chi connectivity index (χ3n) is 6.39. The number of nitrogens with one attached hydrogen (secondary N) is 1. The van der Waals surface area contributed by atoms with E-state index in [1.165, 1.54) is 5.69 Å². The molecular formula is C23H26N6O. The van der Waals surface area contributed by atoms with Crippen molar-refractivity contribution in [2.75, 3.05) is 25.4 Å². The zero-order valence-electron chi connectivity index (χ0n) is 17.1. The van der Waals surface area contributed by atoms with Gasteiger partial charge >= 0.3 is 6.03 Å². The van der Waals surface area contributed by atoms with Crippen LogP contribution in [0.3, 0.4) is 0 Å². The quantitative estimate of drug-likeness (QED) is 0.704. The van der Waals surface area contributed by atoms with Gasteiger partial charge in [-0.2, -0.15) is 5.10 Å². The molecule has 154 valence electrons. The van der Waals surface area contributed by atoms with Crippen LogP contribution in [0.5, 0.6) is 0 Å². The Balaban J connectivity index is 1.46. The number of nitrogens with two attached hydrogens (primary N) is 1. The summed E-state index contributed by atoms with van der Waals surface area (Å²) in [5.41, 5.74) is 11.2. The second-order valence-corrected chi connectivity index (χ2v) is 8.20. The first-order chi connectivity index (χ1) is 14.6. The van der Waals surface area contributed by atoms with E-state index in [-0.39, 0.29) is 11.4 Å². The van der Waals surface area contributed by atoms with Crippen LogP contribution in [0.25, 0.3) is 22.4 Å².